The van der Waals surface area contributed by atoms with Crippen LogP contribution in [-0.4, -0.2) is 68.3 Å². The molecule has 0 spiro atoms. The molecule has 0 bridgehead atoms. The van der Waals surface area contributed by atoms with Gasteiger partial charge in [-0.05, 0) is 85.5 Å². The third-order valence-electron chi connectivity index (χ3n) is 7.22. The largest absolute Gasteiger partial charge is 0.493 e. The van der Waals surface area contributed by atoms with E-state index in [1.54, 1.807) is 30.5 Å². The zero-order chi connectivity index (χ0) is 28.5. The number of amides is 3. The lowest BCUT2D eigenvalue weighted by atomic mass is 10.1. The van der Waals surface area contributed by atoms with Crippen molar-refractivity contribution in [3.63, 3.8) is 0 Å². The first-order chi connectivity index (χ1) is 19.4. The Labute approximate surface area is 240 Å². The Balaban J connectivity index is 1.49. The monoisotopic (exact) mass is 565 g/mol. The maximum Gasteiger partial charge on any atom is 0.322 e. The summed E-state index contributed by atoms with van der Waals surface area (Å²) in [6.45, 7) is 6.04. The van der Waals surface area contributed by atoms with E-state index in [9.17, 15) is 9.59 Å². The van der Waals surface area contributed by atoms with E-state index in [0.717, 1.165) is 34.4 Å². The number of anilines is 1. The molecule has 1 saturated heterocycles. The Bertz CT molecular complexity index is 1270. The van der Waals surface area contributed by atoms with Gasteiger partial charge in [0.15, 0.2) is 11.5 Å². The van der Waals surface area contributed by atoms with Gasteiger partial charge >= 0.3 is 6.03 Å². The van der Waals surface area contributed by atoms with Crippen LogP contribution in [0.1, 0.15) is 34.4 Å². The summed E-state index contributed by atoms with van der Waals surface area (Å²) < 4.78 is 16.6. The minimum atomic E-state index is -0.303. The number of urea groups is 1. The average molecular weight is 566 g/mol. The molecule has 1 N–H and O–H groups in total. The molecular formula is C31H39N3O5S. The molecule has 1 aliphatic heterocycles. The van der Waals surface area contributed by atoms with E-state index in [4.69, 9.17) is 14.2 Å². The number of nitrogens with zero attached hydrogens (tertiary/aromatic N) is 2. The fraction of sp³-hybridized carbons (Fsp3) is 0.419. The SMILES string of the molecule is COc1ccc(CCN(Cc2cccs2)C(=O)CN(C[C@H]2CCCO2)C(=O)Nc2ccc(C)c(C)c2)cc1OC. The fourth-order valence-electron chi connectivity index (χ4n) is 4.72. The number of nitrogens with one attached hydrogen (secondary N) is 1. The lowest BCUT2D eigenvalue weighted by Crippen LogP contribution is -2.47. The summed E-state index contributed by atoms with van der Waals surface area (Å²) in [5.41, 5.74) is 3.99. The first-order valence-corrected chi connectivity index (χ1v) is 14.5. The van der Waals surface area contributed by atoms with E-state index in [0.29, 0.717) is 49.8 Å². The molecule has 2 heterocycles. The normalized spacial score (nSPS) is 14.6. The van der Waals surface area contributed by atoms with Crippen molar-refractivity contribution in [2.24, 2.45) is 0 Å². The topological polar surface area (TPSA) is 80.3 Å². The zero-order valence-electron chi connectivity index (χ0n) is 23.8. The lowest BCUT2D eigenvalue weighted by Gasteiger charge is -2.29. The highest BCUT2D eigenvalue weighted by Gasteiger charge is 2.27. The van der Waals surface area contributed by atoms with Crippen molar-refractivity contribution in [2.45, 2.75) is 45.8 Å². The van der Waals surface area contributed by atoms with Gasteiger partial charge in [0.2, 0.25) is 5.91 Å². The molecule has 40 heavy (non-hydrogen) atoms. The van der Waals surface area contributed by atoms with Gasteiger partial charge < -0.3 is 29.3 Å². The van der Waals surface area contributed by atoms with Crippen molar-refractivity contribution in [3.05, 3.63) is 75.5 Å². The van der Waals surface area contributed by atoms with Crippen molar-refractivity contribution in [1.29, 1.82) is 0 Å². The predicted octanol–water partition coefficient (Wildman–Crippen LogP) is 5.67. The maximum absolute atomic E-state index is 13.8. The van der Waals surface area contributed by atoms with Gasteiger partial charge in [0, 0.05) is 30.3 Å². The molecule has 0 unspecified atom stereocenters. The molecule has 214 valence electrons. The minimum absolute atomic E-state index is 0.0339. The van der Waals surface area contributed by atoms with Crippen molar-refractivity contribution < 1.29 is 23.8 Å². The van der Waals surface area contributed by atoms with Crippen LogP contribution < -0.4 is 14.8 Å². The average Bonchev–Trinajstić information content (AvgIpc) is 3.67. The van der Waals surface area contributed by atoms with Gasteiger partial charge in [-0.3, -0.25) is 4.79 Å². The zero-order valence-corrected chi connectivity index (χ0v) is 24.6. The predicted molar refractivity (Wildman–Crippen MR) is 158 cm³/mol. The Morgan fingerprint density at radius 2 is 1.85 bits per heavy atom. The third-order valence-corrected chi connectivity index (χ3v) is 8.08. The molecular weight excluding hydrogens is 526 g/mol. The van der Waals surface area contributed by atoms with Gasteiger partial charge in [-0.2, -0.15) is 0 Å². The van der Waals surface area contributed by atoms with E-state index in [1.165, 1.54) is 0 Å². The van der Waals surface area contributed by atoms with Gasteiger partial charge in [0.1, 0.15) is 6.54 Å². The Morgan fingerprint density at radius 3 is 2.52 bits per heavy atom. The van der Waals surface area contributed by atoms with Crippen LogP contribution in [0.3, 0.4) is 0 Å². The number of carbonyl (C=O) groups excluding carboxylic acids is 2. The molecule has 0 radical (unpaired) electrons. The number of carbonyl (C=O) groups is 2. The minimum Gasteiger partial charge on any atom is -0.493 e. The number of thiophene rings is 1. The van der Waals surface area contributed by atoms with E-state index >= 15 is 0 Å². The van der Waals surface area contributed by atoms with Crippen LogP contribution >= 0.6 is 11.3 Å². The van der Waals surface area contributed by atoms with Crippen LogP contribution in [0, 0.1) is 13.8 Å². The number of hydrogen-bond donors (Lipinski definition) is 1. The van der Waals surface area contributed by atoms with Gasteiger partial charge in [-0.1, -0.05) is 18.2 Å². The van der Waals surface area contributed by atoms with Gasteiger partial charge in [-0.25, -0.2) is 4.79 Å². The summed E-state index contributed by atoms with van der Waals surface area (Å²) in [7, 11) is 3.22. The van der Waals surface area contributed by atoms with Gasteiger partial charge in [0.25, 0.3) is 0 Å². The van der Waals surface area contributed by atoms with E-state index < -0.39 is 0 Å². The summed E-state index contributed by atoms with van der Waals surface area (Å²) in [6.07, 6.45) is 2.40. The number of hydrogen-bond acceptors (Lipinski definition) is 6. The number of methoxy groups -OCH3 is 2. The molecule has 0 aliphatic carbocycles. The van der Waals surface area contributed by atoms with Crippen molar-refractivity contribution in [3.8, 4) is 11.5 Å². The van der Waals surface area contributed by atoms with Crippen LogP contribution in [0.15, 0.2) is 53.9 Å². The van der Waals surface area contributed by atoms with E-state index in [1.807, 2.05) is 72.7 Å². The molecule has 3 aromatic rings. The molecule has 1 aromatic heterocycles. The van der Waals surface area contributed by atoms with Crippen molar-refractivity contribution in [2.75, 3.05) is 45.8 Å². The van der Waals surface area contributed by atoms with Crippen LogP contribution in [0.25, 0.3) is 0 Å². The molecule has 0 saturated carbocycles. The van der Waals surface area contributed by atoms with Crippen molar-refractivity contribution in [1.82, 2.24) is 9.80 Å². The molecule has 8 nitrogen and oxygen atoms in total. The van der Waals surface area contributed by atoms with Crippen LogP contribution in [0.5, 0.6) is 11.5 Å². The van der Waals surface area contributed by atoms with E-state index in [2.05, 4.69) is 5.32 Å². The number of ether oxygens (including phenoxy) is 3. The first-order valence-electron chi connectivity index (χ1n) is 13.6. The van der Waals surface area contributed by atoms with Crippen LogP contribution in [-0.2, 0) is 22.5 Å². The smallest absolute Gasteiger partial charge is 0.322 e. The molecule has 1 fully saturated rings. The molecule has 9 heteroatoms. The first kappa shape index (κ1) is 29.4. The lowest BCUT2D eigenvalue weighted by molar-refractivity contribution is -0.132. The molecule has 3 amide bonds. The summed E-state index contributed by atoms with van der Waals surface area (Å²) in [5, 5.41) is 5.00. The summed E-state index contributed by atoms with van der Waals surface area (Å²) in [5.74, 6) is 1.21. The Morgan fingerprint density at radius 1 is 1.02 bits per heavy atom. The Hall–Kier alpha value is -3.56. The third kappa shape index (κ3) is 7.99. The van der Waals surface area contributed by atoms with Crippen LogP contribution in [0.4, 0.5) is 10.5 Å². The second-order valence-corrected chi connectivity index (χ2v) is 11.1. The van der Waals surface area contributed by atoms with Gasteiger partial charge in [-0.15, -0.1) is 11.3 Å². The second kappa shape index (κ2) is 14.2. The number of rotatable bonds is 12. The molecule has 4 rings (SSSR count). The van der Waals surface area contributed by atoms with Crippen LogP contribution in [0.2, 0.25) is 0 Å². The molecule has 1 atom stereocenters. The fourth-order valence-corrected chi connectivity index (χ4v) is 5.44. The van der Waals surface area contributed by atoms with Gasteiger partial charge in [0.05, 0.1) is 26.9 Å². The summed E-state index contributed by atoms with van der Waals surface area (Å²) in [6, 6.07) is 15.3. The van der Waals surface area contributed by atoms with Crippen molar-refractivity contribution >= 4 is 29.0 Å². The van der Waals surface area contributed by atoms with E-state index in [-0.39, 0.29) is 24.6 Å². The quantitative estimate of drug-likeness (QED) is 0.306. The highest BCUT2D eigenvalue weighted by molar-refractivity contribution is 7.09. The Kier molecular flexibility index (Phi) is 10.4. The highest BCUT2D eigenvalue weighted by atomic mass is 32.1. The number of benzene rings is 2. The summed E-state index contributed by atoms with van der Waals surface area (Å²) >= 11 is 1.61. The highest BCUT2D eigenvalue weighted by Crippen LogP contribution is 2.28. The standard InChI is InChI=1S/C31H39N3O5S/c1-22-9-11-25(17-23(22)2)32-31(36)34(19-26-7-5-15-39-26)21-30(35)33(20-27-8-6-16-40-27)14-13-24-10-12-28(37-3)29(18-24)38-4/h6,8-12,16-18,26H,5,7,13-15,19-21H2,1-4H3,(H,32,36)/t26-/m1/s1. The number of aryl methyl sites for hydroxylation is 2. The maximum atomic E-state index is 13.8. The summed E-state index contributed by atoms with van der Waals surface area (Å²) in [4.78, 5) is 31.7. The second-order valence-electron chi connectivity index (χ2n) is 10.1. The molecule has 2 aromatic carbocycles. The molecule has 1 aliphatic rings.